The molecule has 9 heteroatoms. The molecule has 2 aliphatic rings. The Labute approximate surface area is 205 Å². The molecule has 0 saturated carbocycles. The van der Waals surface area contributed by atoms with Crippen LogP contribution in [0, 0.1) is 0 Å². The third-order valence-electron chi connectivity index (χ3n) is 6.11. The maximum atomic E-state index is 8.65. The Morgan fingerprint density at radius 1 is 1.03 bits per heavy atom. The van der Waals surface area contributed by atoms with Gasteiger partial charge in [-0.2, -0.15) is 0 Å². The van der Waals surface area contributed by atoms with Gasteiger partial charge in [-0.15, -0.1) is 0 Å². The lowest BCUT2D eigenvalue weighted by Gasteiger charge is -2.31. The van der Waals surface area contributed by atoms with E-state index >= 15 is 0 Å². The third kappa shape index (κ3) is 6.73. The number of rotatable bonds is 12. The van der Waals surface area contributed by atoms with Crippen LogP contribution in [0.4, 0.5) is 0 Å². The Bertz CT molecular complexity index is 980. The van der Waals surface area contributed by atoms with Gasteiger partial charge in [0, 0.05) is 11.5 Å². The number of hydrogen-bond acceptors (Lipinski definition) is 7. The summed E-state index contributed by atoms with van der Waals surface area (Å²) in [4.78, 5) is 2.86. The summed E-state index contributed by atoms with van der Waals surface area (Å²) in [7, 11) is 1.64. The van der Waals surface area contributed by atoms with E-state index in [0.717, 1.165) is 16.9 Å². The molecule has 2 aromatic carbocycles. The highest BCUT2D eigenvalue weighted by Gasteiger charge is 2.57. The second-order valence-electron chi connectivity index (χ2n) is 9.12. The molecule has 188 valence electrons. The van der Waals surface area contributed by atoms with E-state index in [9.17, 15) is 0 Å². The van der Waals surface area contributed by atoms with Crippen molar-refractivity contribution < 1.29 is 28.4 Å². The summed E-state index contributed by atoms with van der Waals surface area (Å²) in [6, 6.07) is 17.7. The number of fused-ring (bicyclic) bond motifs is 1. The van der Waals surface area contributed by atoms with Crippen LogP contribution in [0.5, 0.6) is 5.75 Å². The predicted octanol–water partition coefficient (Wildman–Crippen LogP) is 5.13. The molecule has 0 N–H and O–H groups in total. The molecule has 0 amide bonds. The lowest BCUT2D eigenvalue weighted by Crippen LogP contribution is -2.43. The molecule has 4 rings (SSSR count). The minimum Gasteiger partial charge on any atom is -0.497 e. The number of ether oxygens (including phenoxy) is 6. The lowest BCUT2D eigenvalue weighted by atomic mass is 10.0. The summed E-state index contributed by atoms with van der Waals surface area (Å²) >= 11 is 0. The quantitative estimate of drug-likeness (QED) is 0.179. The van der Waals surface area contributed by atoms with Crippen molar-refractivity contribution in [3.63, 3.8) is 0 Å². The molecule has 2 heterocycles. The van der Waals surface area contributed by atoms with Crippen LogP contribution < -0.4 is 4.74 Å². The summed E-state index contributed by atoms with van der Waals surface area (Å²) in [6.45, 7) is 4.94. The maximum absolute atomic E-state index is 8.65. The largest absolute Gasteiger partial charge is 0.497 e. The zero-order valence-corrected chi connectivity index (χ0v) is 20.4. The van der Waals surface area contributed by atoms with E-state index < -0.39 is 24.3 Å². The minimum absolute atomic E-state index is 0.300. The molecule has 2 aliphatic heterocycles. The summed E-state index contributed by atoms with van der Waals surface area (Å²) in [5.74, 6) is 0.0313. The summed E-state index contributed by atoms with van der Waals surface area (Å²) < 4.78 is 36.6. The van der Waals surface area contributed by atoms with Crippen molar-refractivity contribution in [2.75, 3.05) is 13.7 Å². The first-order valence-electron chi connectivity index (χ1n) is 11.9. The molecule has 0 spiro atoms. The predicted molar refractivity (Wildman–Crippen MR) is 129 cm³/mol. The molecule has 35 heavy (non-hydrogen) atoms. The first kappa shape index (κ1) is 25.4. The molecule has 2 fully saturated rings. The molecule has 0 aliphatic carbocycles. The molecule has 2 saturated heterocycles. The van der Waals surface area contributed by atoms with Crippen molar-refractivity contribution in [3.05, 3.63) is 76.2 Å². The minimum atomic E-state index is -0.760. The van der Waals surface area contributed by atoms with E-state index in [1.54, 1.807) is 7.11 Å². The molecule has 0 aromatic heterocycles. The number of methoxy groups -OCH3 is 1. The van der Waals surface area contributed by atoms with Gasteiger partial charge in [0.1, 0.15) is 24.1 Å². The summed E-state index contributed by atoms with van der Waals surface area (Å²) in [5.41, 5.74) is 10.7. The first-order chi connectivity index (χ1) is 17.0. The van der Waals surface area contributed by atoms with Crippen molar-refractivity contribution >= 4 is 0 Å². The van der Waals surface area contributed by atoms with Crippen LogP contribution in [-0.2, 0) is 36.9 Å². The van der Waals surface area contributed by atoms with Gasteiger partial charge in [-0.3, -0.25) is 0 Å². The van der Waals surface area contributed by atoms with Gasteiger partial charge >= 0.3 is 0 Å². The van der Waals surface area contributed by atoms with Crippen LogP contribution in [0.1, 0.15) is 37.8 Å². The van der Waals surface area contributed by atoms with Crippen molar-refractivity contribution in [2.24, 2.45) is 5.11 Å². The van der Waals surface area contributed by atoms with E-state index in [-0.39, 0.29) is 12.2 Å². The standard InChI is InChI=1S/C26H33N3O6/c1-26(2)34-24-23(32-17-19-11-13-20(30-3)14-12-19)22(33-25(24)35-26)21(10-7-15-28-29-27)31-16-18-8-5-4-6-9-18/h4-6,8-9,11-14,21-25H,7,10,15-17H2,1-3H3/t21?,22-,23?,24?,25?/m1/s1. The van der Waals surface area contributed by atoms with Crippen molar-refractivity contribution in [2.45, 2.75) is 76.4 Å². The Kier molecular flexibility index (Phi) is 8.62. The third-order valence-corrected chi connectivity index (χ3v) is 6.11. The molecule has 0 radical (unpaired) electrons. The zero-order chi connectivity index (χ0) is 24.7. The number of nitrogens with zero attached hydrogens (tertiary/aromatic N) is 3. The fourth-order valence-electron chi connectivity index (χ4n) is 4.44. The topological polar surface area (TPSA) is 104 Å². The van der Waals surface area contributed by atoms with Crippen molar-refractivity contribution in [1.29, 1.82) is 0 Å². The number of azide groups is 1. The van der Waals surface area contributed by atoms with Crippen LogP contribution in [0.2, 0.25) is 0 Å². The Morgan fingerprint density at radius 2 is 1.77 bits per heavy atom. The van der Waals surface area contributed by atoms with E-state index in [4.69, 9.17) is 34.0 Å². The van der Waals surface area contributed by atoms with E-state index in [0.29, 0.717) is 32.6 Å². The van der Waals surface area contributed by atoms with Gasteiger partial charge in [0.2, 0.25) is 0 Å². The number of benzene rings is 2. The Hall–Kier alpha value is -2.65. The molecule has 5 atom stereocenters. The molecule has 0 bridgehead atoms. The molecular formula is C26H33N3O6. The highest BCUT2D eigenvalue weighted by Crippen LogP contribution is 2.41. The molecule has 4 unspecified atom stereocenters. The SMILES string of the molecule is COc1ccc(COC2C3OC(C)(C)OC3O[C@@H]2C(CCCN=[N+]=[N-])OCc2ccccc2)cc1. The van der Waals surface area contributed by atoms with Gasteiger partial charge in [0.15, 0.2) is 12.1 Å². The van der Waals surface area contributed by atoms with Crippen LogP contribution in [0.25, 0.3) is 10.4 Å². The fourth-order valence-corrected chi connectivity index (χ4v) is 4.44. The van der Waals surface area contributed by atoms with Gasteiger partial charge in [-0.25, -0.2) is 0 Å². The average molecular weight is 484 g/mol. The van der Waals surface area contributed by atoms with Crippen LogP contribution in [-0.4, -0.2) is 50.1 Å². The van der Waals surface area contributed by atoms with Crippen molar-refractivity contribution in [3.8, 4) is 5.75 Å². The normalized spacial score (nSPS) is 25.6. The van der Waals surface area contributed by atoms with Gasteiger partial charge in [0.05, 0.1) is 26.4 Å². The smallest absolute Gasteiger partial charge is 0.190 e. The second-order valence-corrected chi connectivity index (χ2v) is 9.12. The van der Waals surface area contributed by atoms with E-state index in [1.165, 1.54) is 0 Å². The number of hydrogen-bond donors (Lipinski definition) is 0. The maximum Gasteiger partial charge on any atom is 0.190 e. The van der Waals surface area contributed by atoms with Crippen LogP contribution in [0.15, 0.2) is 59.7 Å². The molecular weight excluding hydrogens is 450 g/mol. The van der Waals surface area contributed by atoms with Crippen LogP contribution in [0.3, 0.4) is 0 Å². The average Bonchev–Trinajstić information content (AvgIpc) is 3.34. The lowest BCUT2D eigenvalue weighted by molar-refractivity contribution is -0.235. The van der Waals surface area contributed by atoms with E-state index in [2.05, 4.69) is 10.0 Å². The Balaban J connectivity index is 1.50. The summed E-state index contributed by atoms with van der Waals surface area (Å²) in [6.07, 6.45) is -0.730. The Morgan fingerprint density at radius 3 is 2.49 bits per heavy atom. The van der Waals surface area contributed by atoms with Crippen molar-refractivity contribution in [1.82, 2.24) is 0 Å². The molecule has 9 nitrogen and oxygen atoms in total. The second kappa shape index (κ2) is 11.9. The monoisotopic (exact) mass is 483 g/mol. The first-order valence-corrected chi connectivity index (χ1v) is 11.9. The van der Waals surface area contributed by atoms with Gasteiger partial charge in [-0.1, -0.05) is 47.6 Å². The zero-order valence-electron chi connectivity index (χ0n) is 20.4. The summed E-state index contributed by atoms with van der Waals surface area (Å²) in [5, 5.41) is 3.67. The van der Waals surface area contributed by atoms with E-state index in [1.807, 2.05) is 68.4 Å². The van der Waals surface area contributed by atoms with Crippen LogP contribution >= 0.6 is 0 Å². The highest BCUT2D eigenvalue weighted by atomic mass is 16.8. The van der Waals surface area contributed by atoms with Gasteiger partial charge < -0.3 is 28.4 Å². The fraction of sp³-hybridized carbons (Fsp3) is 0.538. The molecule has 2 aromatic rings. The van der Waals surface area contributed by atoms with Gasteiger partial charge in [0.25, 0.3) is 0 Å². The highest BCUT2D eigenvalue weighted by molar-refractivity contribution is 5.26. The van der Waals surface area contributed by atoms with Gasteiger partial charge in [-0.05, 0) is 55.5 Å².